The van der Waals surface area contributed by atoms with Crippen LogP contribution < -0.4 is 0 Å². The summed E-state index contributed by atoms with van der Waals surface area (Å²) in [4.78, 5) is 6.45. The topological polar surface area (TPSA) is 36.4 Å². The predicted molar refractivity (Wildman–Crippen MR) is 62.1 cm³/mol. The second kappa shape index (κ2) is 3.82. The molecular formula is C13H18N2O. The van der Waals surface area contributed by atoms with Crippen molar-refractivity contribution in [3.8, 4) is 0 Å². The predicted octanol–water partition coefficient (Wildman–Crippen LogP) is 1.22. The number of aliphatic hydroxyl groups is 1. The highest BCUT2D eigenvalue weighted by molar-refractivity contribution is 5.14. The number of hydrogen-bond acceptors (Lipinski definition) is 3. The van der Waals surface area contributed by atoms with Crippen LogP contribution >= 0.6 is 0 Å². The first-order chi connectivity index (χ1) is 7.75. The van der Waals surface area contributed by atoms with Crippen LogP contribution in [-0.4, -0.2) is 39.7 Å². The van der Waals surface area contributed by atoms with Crippen LogP contribution in [0.2, 0.25) is 0 Å². The molecule has 2 heterocycles. The molecule has 2 fully saturated rings. The van der Waals surface area contributed by atoms with Gasteiger partial charge in [-0.1, -0.05) is 0 Å². The summed E-state index contributed by atoms with van der Waals surface area (Å²) in [6.45, 7) is 1.91. The average Bonchev–Trinajstić information content (AvgIpc) is 3.05. The summed E-state index contributed by atoms with van der Waals surface area (Å²) in [5, 5.41) is 10.5. The smallest absolute Gasteiger partial charge is 0.0826 e. The minimum Gasteiger partial charge on any atom is -0.388 e. The lowest BCUT2D eigenvalue weighted by Crippen LogP contribution is -2.36. The minimum absolute atomic E-state index is 0.510. The molecule has 1 unspecified atom stereocenters. The van der Waals surface area contributed by atoms with Gasteiger partial charge >= 0.3 is 0 Å². The molecular weight excluding hydrogens is 200 g/mol. The Morgan fingerprint density at radius 2 is 2.12 bits per heavy atom. The molecule has 0 radical (unpaired) electrons. The fourth-order valence-corrected chi connectivity index (χ4v) is 2.66. The lowest BCUT2D eigenvalue weighted by Gasteiger charge is -2.23. The fourth-order valence-electron chi connectivity index (χ4n) is 2.66. The molecule has 1 N–H and O–H groups in total. The van der Waals surface area contributed by atoms with Crippen LogP contribution in [-0.2, 0) is 6.42 Å². The quantitative estimate of drug-likeness (QED) is 0.829. The van der Waals surface area contributed by atoms with Crippen molar-refractivity contribution < 1.29 is 5.11 Å². The summed E-state index contributed by atoms with van der Waals surface area (Å²) < 4.78 is 0. The highest BCUT2D eigenvalue weighted by Gasteiger charge is 2.41. The van der Waals surface area contributed by atoms with Gasteiger partial charge in [-0.05, 0) is 37.0 Å². The summed E-state index contributed by atoms with van der Waals surface area (Å²) in [6.07, 6.45) is 7.92. The van der Waals surface area contributed by atoms with E-state index in [4.69, 9.17) is 0 Å². The molecule has 1 atom stereocenters. The van der Waals surface area contributed by atoms with Crippen LogP contribution in [0.4, 0.5) is 0 Å². The van der Waals surface area contributed by atoms with Crippen molar-refractivity contribution in [2.75, 3.05) is 13.1 Å². The Bertz CT molecular complexity index is 363. The van der Waals surface area contributed by atoms with Gasteiger partial charge in [0.2, 0.25) is 0 Å². The summed E-state index contributed by atoms with van der Waals surface area (Å²) in [5.74, 6) is 0. The van der Waals surface area contributed by atoms with E-state index in [-0.39, 0.29) is 0 Å². The number of aromatic nitrogens is 1. The van der Waals surface area contributed by atoms with E-state index in [0.717, 1.165) is 32.0 Å². The van der Waals surface area contributed by atoms with Crippen LogP contribution in [0.3, 0.4) is 0 Å². The average molecular weight is 218 g/mol. The van der Waals surface area contributed by atoms with Crippen molar-refractivity contribution in [1.82, 2.24) is 9.88 Å². The van der Waals surface area contributed by atoms with Gasteiger partial charge in [-0.2, -0.15) is 0 Å². The van der Waals surface area contributed by atoms with Crippen molar-refractivity contribution in [2.45, 2.75) is 37.3 Å². The Morgan fingerprint density at radius 1 is 1.38 bits per heavy atom. The van der Waals surface area contributed by atoms with Crippen molar-refractivity contribution in [2.24, 2.45) is 0 Å². The molecule has 1 aromatic heterocycles. The van der Waals surface area contributed by atoms with E-state index in [0.29, 0.717) is 0 Å². The normalized spacial score (nSPS) is 30.8. The second-order valence-electron chi connectivity index (χ2n) is 5.21. The van der Waals surface area contributed by atoms with Gasteiger partial charge in [0.15, 0.2) is 0 Å². The molecule has 1 aliphatic heterocycles. The zero-order chi connectivity index (χ0) is 11.0. The molecule has 0 spiro atoms. The summed E-state index contributed by atoms with van der Waals surface area (Å²) in [5.41, 5.74) is 0.680. The Labute approximate surface area is 96.1 Å². The maximum atomic E-state index is 10.5. The summed E-state index contributed by atoms with van der Waals surface area (Å²) in [6, 6.07) is 4.77. The Balaban J connectivity index is 1.66. The standard InChI is InChI=1S/C13H18N2O/c16-13(9-11-3-6-14-7-4-11)5-8-15(10-13)12-1-2-12/h3-4,6-7,12,16H,1-2,5,8-10H2. The molecule has 86 valence electrons. The SMILES string of the molecule is OC1(Cc2ccncc2)CCN(C2CC2)C1. The van der Waals surface area contributed by atoms with Gasteiger partial charge < -0.3 is 5.11 Å². The van der Waals surface area contributed by atoms with Crippen molar-refractivity contribution in [1.29, 1.82) is 0 Å². The minimum atomic E-state index is -0.510. The highest BCUT2D eigenvalue weighted by Crippen LogP contribution is 2.34. The van der Waals surface area contributed by atoms with Gasteiger partial charge in [0.25, 0.3) is 0 Å². The third kappa shape index (κ3) is 2.11. The lowest BCUT2D eigenvalue weighted by atomic mass is 9.94. The largest absolute Gasteiger partial charge is 0.388 e. The second-order valence-corrected chi connectivity index (χ2v) is 5.21. The third-order valence-electron chi connectivity index (χ3n) is 3.71. The van der Waals surface area contributed by atoms with Crippen molar-refractivity contribution in [3.63, 3.8) is 0 Å². The van der Waals surface area contributed by atoms with Gasteiger partial charge in [-0.15, -0.1) is 0 Å². The van der Waals surface area contributed by atoms with Gasteiger partial charge in [-0.25, -0.2) is 0 Å². The zero-order valence-corrected chi connectivity index (χ0v) is 9.47. The molecule has 3 heteroatoms. The van der Waals surface area contributed by atoms with E-state index in [1.807, 2.05) is 12.1 Å². The first-order valence-electron chi connectivity index (χ1n) is 6.11. The van der Waals surface area contributed by atoms with Gasteiger partial charge in [0.05, 0.1) is 5.60 Å². The maximum Gasteiger partial charge on any atom is 0.0826 e. The molecule has 1 saturated heterocycles. The lowest BCUT2D eigenvalue weighted by molar-refractivity contribution is 0.0487. The van der Waals surface area contributed by atoms with Crippen LogP contribution in [0, 0.1) is 0 Å². The van der Waals surface area contributed by atoms with E-state index in [1.54, 1.807) is 12.4 Å². The van der Waals surface area contributed by atoms with Gasteiger partial charge in [-0.3, -0.25) is 9.88 Å². The van der Waals surface area contributed by atoms with E-state index in [1.165, 1.54) is 18.4 Å². The highest BCUT2D eigenvalue weighted by atomic mass is 16.3. The third-order valence-corrected chi connectivity index (χ3v) is 3.71. The Kier molecular flexibility index (Phi) is 2.45. The molecule has 0 bridgehead atoms. The molecule has 0 aromatic carbocycles. The molecule has 3 rings (SSSR count). The van der Waals surface area contributed by atoms with Gasteiger partial charge in [0.1, 0.15) is 0 Å². The first-order valence-corrected chi connectivity index (χ1v) is 6.11. The maximum absolute atomic E-state index is 10.5. The van der Waals surface area contributed by atoms with Crippen LogP contribution in [0.25, 0.3) is 0 Å². The summed E-state index contributed by atoms with van der Waals surface area (Å²) in [7, 11) is 0. The van der Waals surface area contributed by atoms with E-state index in [2.05, 4.69) is 9.88 Å². The molecule has 2 aliphatic rings. The van der Waals surface area contributed by atoms with E-state index in [9.17, 15) is 5.11 Å². The van der Waals surface area contributed by atoms with Crippen LogP contribution in [0.15, 0.2) is 24.5 Å². The van der Waals surface area contributed by atoms with Crippen molar-refractivity contribution in [3.05, 3.63) is 30.1 Å². The van der Waals surface area contributed by atoms with E-state index < -0.39 is 5.60 Å². The van der Waals surface area contributed by atoms with E-state index >= 15 is 0 Å². The molecule has 1 saturated carbocycles. The number of β-amino-alcohol motifs (C(OH)–C–C–N with tert-alkyl or cyclic N) is 1. The Hall–Kier alpha value is -0.930. The van der Waals surface area contributed by atoms with Crippen molar-refractivity contribution >= 4 is 0 Å². The fraction of sp³-hybridized carbons (Fsp3) is 0.615. The molecule has 0 amide bonds. The Morgan fingerprint density at radius 3 is 2.81 bits per heavy atom. The summed E-state index contributed by atoms with van der Waals surface area (Å²) >= 11 is 0. The number of rotatable bonds is 3. The number of pyridine rings is 1. The number of hydrogen-bond donors (Lipinski definition) is 1. The molecule has 3 nitrogen and oxygen atoms in total. The molecule has 1 aliphatic carbocycles. The van der Waals surface area contributed by atoms with Crippen LogP contribution in [0.5, 0.6) is 0 Å². The molecule has 16 heavy (non-hydrogen) atoms. The monoisotopic (exact) mass is 218 g/mol. The number of likely N-dealkylation sites (tertiary alicyclic amines) is 1. The molecule has 1 aromatic rings. The number of nitrogens with zero attached hydrogens (tertiary/aromatic N) is 2. The van der Waals surface area contributed by atoms with Crippen LogP contribution in [0.1, 0.15) is 24.8 Å². The zero-order valence-electron chi connectivity index (χ0n) is 9.47. The van der Waals surface area contributed by atoms with Gasteiger partial charge in [0, 0.05) is 37.9 Å². The first kappa shape index (κ1) is 10.2.